The van der Waals surface area contributed by atoms with Crippen LogP contribution in [0.15, 0.2) is 35.2 Å². The predicted octanol–water partition coefficient (Wildman–Crippen LogP) is 1.61. The number of methoxy groups -OCH3 is 1. The van der Waals surface area contributed by atoms with Crippen LogP contribution < -0.4 is 10.1 Å². The first-order valence-electron chi connectivity index (χ1n) is 6.25. The molecule has 0 aliphatic carbocycles. The minimum absolute atomic E-state index is 0.257. The van der Waals surface area contributed by atoms with Crippen molar-refractivity contribution in [1.29, 1.82) is 0 Å². The second kappa shape index (κ2) is 6.88. The van der Waals surface area contributed by atoms with E-state index in [4.69, 9.17) is 4.74 Å². The lowest BCUT2D eigenvalue weighted by Crippen LogP contribution is -2.28. The van der Waals surface area contributed by atoms with Crippen molar-refractivity contribution in [3.63, 3.8) is 0 Å². The molecule has 0 spiro atoms. The fourth-order valence-corrected chi connectivity index (χ4v) is 3.17. The van der Waals surface area contributed by atoms with Gasteiger partial charge in [0.1, 0.15) is 5.75 Å². The number of hydrogen-bond acceptors (Lipinski definition) is 4. The Morgan fingerprint density at radius 3 is 2.60 bits per heavy atom. The summed E-state index contributed by atoms with van der Waals surface area (Å²) in [5, 5.41) is 3.00. The standard InChI is InChI=1S/C14H22N2O3S/c1-11(2)10-16(4)20(17,18)13-6-7-14(19-5)12(8-13)9-15-3/h6-8,15H,1,9-10H2,2-5H3. The molecule has 0 bridgehead atoms. The van der Waals surface area contributed by atoms with Gasteiger partial charge in [-0.2, -0.15) is 4.31 Å². The molecule has 1 aromatic carbocycles. The molecular formula is C14H22N2O3S. The lowest BCUT2D eigenvalue weighted by Gasteiger charge is -2.18. The molecule has 0 saturated carbocycles. The summed E-state index contributed by atoms with van der Waals surface area (Å²) in [5.41, 5.74) is 1.60. The highest BCUT2D eigenvalue weighted by Gasteiger charge is 2.21. The molecule has 5 nitrogen and oxygen atoms in total. The Morgan fingerprint density at radius 2 is 2.10 bits per heavy atom. The molecule has 0 aromatic heterocycles. The Hall–Kier alpha value is -1.37. The molecule has 0 saturated heterocycles. The van der Waals surface area contributed by atoms with E-state index in [0.717, 1.165) is 11.1 Å². The zero-order chi connectivity index (χ0) is 15.3. The van der Waals surface area contributed by atoms with Crippen LogP contribution in [0.5, 0.6) is 5.75 Å². The lowest BCUT2D eigenvalue weighted by molar-refractivity contribution is 0.408. The fourth-order valence-electron chi connectivity index (χ4n) is 1.89. The maximum atomic E-state index is 12.4. The molecule has 0 amide bonds. The number of nitrogens with one attached hydrogen (secondary N) is 1. The van der Waals surface area contributed by atoms with E-state index < -0.39 is 10.0 Å². The quantitative estimate of drug-likeness (QED) is 0.777. The SMILES string of the molecule is C=C(C)CN(C)S(=O)(=O)c1ccc(OC)c(CNC)c1. The topological polar surface area (TPSA) is 58.6 Å². The molecule has 6 heteroatoms. The van der Waals surface area contributed by atoms with Crippen LogP contribution in [-0.2, 0) is 16.6 Å². The second-order valence-corrected chi connectivity index (χ2v) is 6.77. The van der Waals surface area contributed by atoms with Crippen molar-refractivity contribution in [2.75, 3.05) is 27.7 Å². The minimum atomic E-state index is -3.51. The van der Waals surface area contributed by atoms with E-state index in [0.29, 0.717) is 18.8 Å². The summed E-state index contributed by atoms with van der Waals surface area (Å²) in [6, 6.07) is 4.87. The highest BCUT2D eigenvalue weighted by molar-refractivity contribution is 7.89. The zero-order valence-electron chi connectivity index (χ0n) is 12.4. The Bertz CT molecular complexity index is 582. The summed E-state index contributed by atoms with van der Waals surface area (Å²) in [6.07, 6.45) is 0. The van der Waals surface area contributed by atoms with Gasteiger partial charge in [0.05, 0.1) is 12.0 Å². The number of likely N-dealkylation sites (N-methyl/N-ethyl adjacent to an activating group) is 1. The van der Waals surface area contributed by atoms with Crippen molar-refractivity contribution in [2.45, 2.75) is 18.4 Å². The molecule has 0 fully saturated rings. The summed E-state index contributed by atoms with van der Waals surface area (Å²) < 4.78 is 31.4. The molecule has 20 heavy (non-hydrogen) atoms. The Kier molecular flexibility index (Phi) is 5.74. The summed E-state index contributed by atoms with van der Waals surface area (Å²) >= 11 is 0. The van der Waals surface area contributed by atoms with Gasteiger partial charge in [-0.3, -0.25) is 0 Å². The van der Waals surface area contributed by atoms with Crippen LogP contribution in [0.25, 0.3) is 0 Å². The molecule has 0 unspecified atom stereocenters. The van der Waals surface area contributed by atoms with Gasteiger partial charge < -0.3 is 10.1 Å². The number of sulfonamides is 1. The van der Waals surface area contributed by atoms with E-state index in [1.54, 1.807) is 46.3 Å². The van der Waals surface area contributed by atoms with Crippen molar-refractivity contribution >= 4 is 10.0 Å². The third-order valence-electron chi connectivity index (χ3n) is 2.82. The number of rotatable bonds is 7. The van der Waals surface area contributed by atoms with E-state index >= 15 is 0 Å². The van der Waals surface area contributed by atoms with Crippen molar-refractivity contribution in [3.8, 4) is 5.75 Å². The van der Waals surface area contributed by atoms with Crippen molar-refractivity contribution in [1.82, 2.24) is 9.62 Å². The van der Waals surface area contributed by atoms with Gasteiger partial charge in [0.2, 0.25) is 10.0 Å². The van der Waals surface area contributed by atoms with E-state index in [1.807, 2.05) is 0 Å². The molecule has 0 atom stereocenters. The van der Waals surface area contributed by atoms with Crippen LogP contribution in [0, 0.1) is 0 Å². The number of hydrogen-bond donors (Lipinski definition) is 1. The monoisotopic (exact) mass is 298 g/mol. The van der Waals surface area contributed by atoms with Gasteiger partial charge in [-0.1, -0.05) is 12.2 Å². The van der Waals surface area contributed by atoms with Gasteiger partial charge in [0, 0.05) is 25.7 Å². The molecular weight excluding hydrogens is 276 g/mol. The van der Waals surface area contributed by atoms with Crippen molar-refractivity contribution < 1.29 is 13.2 Å². The predicted molar refractivity (Wildman–Crippen MR) is 80.4 cm³/mol. The third-order valence-corrected chi connectivity index (χ3v) is 4.62. The lowest BCUT2D eigenvalue weighted by atomic mass is 10.2. The fraction of sp³-hybridized carbons (Fsp3) is 0.429. The van der Waals surface area contributed by atoms with Gasteiger partial charge in [-0.05, 0) is 32.2 Å². The number of nitrogens with zero attached hydrogens (tertiary/aromatic N) is 1. The Balaban J connectivity index is 3.18. The van der Waals surface area contributed by atoms with Crippen LogP contribution in [0.4, 0.5) is 0 Å². The molecule has 0 aliphatic rings. The summed E-state index contributed by atoms with van der Waals surface area (Å²) in [7, 11) is 1.40. The average molecular weight is 298 g/mol. The van der Waals surface area contributed by atoms with E-state index in [-0.39, 0.29) is 4.90 Å². The zero-order valence-corrected chi connectivity index (χ0v) is 13.3. The summed E-state index contributed by atoms with van der Waals surface area (Å²) in [6.45, 7) is 6.38. The first kappa shape index (κ1) is 16.7. The second-order valence-electron chi connectivity index (χ2n) is 4.72. The molecule has 112 valence electrons. The molecule has 0 radical (unpaired) electrons. The Morgan fingerprint density at radius 1 is 1.45 bits per heavy atom. The minimum Gasteiger partial charge on any atom is -0.496 e. The van der Waals surface area contributed by atoms with Crippen molar-refractivity contribution in [3.05, 3.63) is 35.9 Å². The highest BCUT2D eigenvalue weighted by atomic mass is 32.2. The highest BCUT2D eigenvalue weighted by Crippen LogP contribution is 2.24. The van der Waals surface area contributed by atoms with Gasteiger partial charge in [0.15, 0.2) is 0 Å². The summed E-state index contributed by atoms with van der Waals surface area (Å²) in [4.78, 5) is 0.257. The molecule has 1 N–H and O–H groups in total. The molecule has 1 aromatic rings. The Labute approximate surface area is 121 Å². The van der Waals surface area contributed by atoms with Gasteiger partial charge in [-0.15, -0.1) is 0 Å². The molecule has 1 rings (SSSR count). The van der Waals surface area contributed by atoms with Gasteiger partial charge in [-0.25, -0.2) is 8.42 Å². The number of benzene rings is 1. The first-order chi connectivity index (χ1) is 9.32. The third kappa shape index (κ3) is 3.82. The molecule has 0 aliphatic heterocycles. The van der Waals surface area contributed by atoms with Gasteiger partial charge >= 0.3 is 0 Å². The van der Waals surface area contributed by atoms with Crippen LogP contribution in [0.1, 0.15) is 12.5 Å². The van der Waals surface area contributed by atoms with Gasteiger partial charge in [0.25, 0.3) is 0 Å². The maximum absolute atomic E-state index is 12.4. The number of ether oxygens (including phenoxy) is 1. The van der Waals surface area contributed by atoms with Crippen LogP contribution >= 0.6 is 0 Å². The van der Waals surface area contributed by atoms with E-state index in [9.17, 15) is 8.42 Å². The van der Waals surface area contributed by atoms with Crippen LogP contribution in [0.3, 0.4) is 0 Å². The average Bonchev–Trinajstić information content (AvgIpc) is 2.38. The smallest absolute Gasteiger partial charge is 0.243 e. The van der Waals surface area contributed by atoms with Crippen LogP contribution in [-0.4, -0.2) is 40.5 Å². The molecule has 0 heterocycles. The van der Waals surface area contributed by atoms with Crippen molar-refractivity contribution in [2.24, 2.45) is 0 Å². The largest absolute Gasteiger partial charge is 0.496 e. The van der Waals surface area contributed by atoms with Crippen LogP contribution in [0.2, 0.25) is 0 Å². The normalized spacial score (nSPS) is 11.7. The first-order valence-corrected chi connectivity index (χ1v) is 7.69. The van der Waals surface area contributed by atoms with E-state index in [1.165, 1.54) is 4.31 Å². The summed E-state index contributed by atoms with van der Waals surface area (Å²) in [5.74, 6) is 0.667. The maximum Gasteiger partial charge on any atom is 0.243 e. The van der Waals surface area contributed by atoms with E-state index in [2.05, 4.69) is 11.9 Å².